The molecule has 5 nitrogen and oxygen atoms in total. The van der Waals surface area contributed by atoms with Gasteiger partial charge in [0, 0.05) is 13.2 Å². The monoisotopic (exact) mass is 249 g/mol. The van der Waals surface area contributed by atoms with Gasteiger partial charge in [0.05, 0.1) is 0 Å². The second-order valence-electron chi connectivity index (χ2n) is 3.51. The number of halogens is 1. The predicted octanol–water partition coefficient (Wildman–Crippen LogP) is 2.14. The van der Waals surface area contributed by atoms with Gasteiger partial charge in [0.1, 0.15) is 12.4 Å². The van der Waals surface area contributed by atoms with E-state index in [-0.39, 0.29) is 24.1 Å². The Hall–Kier alpha value is -2.21. The number of benzene rings is 1. The Morgan fingerprint density at radius 2 is 2.06 bits per heavy atom. The largest absolute Gasteiger partial charge is 0.436 e. The molecule has 1 heterocycles. The van der Waals surface area contributed by atoms with Crippen molar-refractivity contribution < 1.29 is 13.9 Å². The third-order valence-electron chi connectivity index (χ3n) is 2.09. The van der Waals surface area contributed by atoms with E-state index in [1.54, 1.807) is 12.1 Å². The number of para-hydroxylation sites is 1. The van der Waals surface area contributed by atoms with Crippen LogP contribution in [-0.2, 0) is 11.3 Å². The lowest BCUT2D eigenvalue weighted by molar-refractivity contribution is 0.177. The second-order valence-corrected chi connectivity index (χ2v) is 3.51. The van der Waals surface area contributed by atoms with Crippen LogP contribution in [0.25, 0.3) is 0 Å². The van der Waals surface area contributed by atoms with Gasteiger partial charge in [-0.3, -0.25) is 0 Å². The lowest BCUT2D eigenvalue weighted by atomic mass is 10.3. The Bertz CT molecular complexity index is 549. The highest BCUT2D eigenvalue weighted by atomic mass is 19.1. The van der Waals surface area contributed by atoms with Gasteiger partial charge in [-0.05, 0) is 12.1 Å². The van der Waals surface area contributed by atoms with E-state index >= 15 is 0 Å². The lowest BCUT2D eigenvalue weighted by Crippen LogP contribution is -2.02. The van der Waals surface area contributed by atoms with E-state index in [9.17, 15) is 4.39 Å². The molecule has 0 radical (unpaired) electrons. The summed E-state index contributed by atoms with van der Waals surface area (Å²) in [6.07, 6.45) is 0. The van der Waals surface area contributed by atoms with Gasteiger partial charge in [0.2, 0.25) is 5.88 Å². The molecule has 0 atom stereocenters. The van der Waals surface area contributed by atoms with Gasteiger partial charge in [-0.2, -0.15) is 4.98 Å². The highest BCUT2D eigenvalue weighted by molar-refractivity contribution is 5.36. The van der Waals surface area contributed by atoms with E-state index in [2.05, 4.69) is 9.97 Å². The van der Waals surface area contributed by atoms with Gasteiger partial charge in [-0.1, -0.05) is 12.1 Å². The van der Waals surface area contributed by atoms with Crippen LogP contribution < -0.4 is 10.5 Å². The van der Waals surface area contributed by atoms with Gasteiger partial charge >= 0.3 is 0 Å². The lowest BCUT2D eigenvalue weighted by Gasteiger charge is -2.07. The number of nitrogen functional groups attached to an aromatic ring is 1. The van der Waals surface area contributed by atoms with Crippen LogP contribution in [0.2, 0.25) is 0 Å². The first kappa shape index (κ1) is 12.3. The zero-order chi connectivity index (χ0) is 13.0. The molecular weight excluding hydrogens is 237 g/mol. The van der Waals surface area contributed by atoms with Gasteiger partial charge < -0.3 is 15.2 Å². The molecule has 0 aliphatic carbocycles. The molecule has 0 saturated heterocycles. The topological polar surface area (TPSA) is 70.3 Å². The highest BCUT2D eigenvalue weighted by Crippen LogP contribution is 2.23. The Balaban J connectivity index is 2.26. The summed E-state index contributed by atoms with van der Waals surface area (Å²) in [5, 5.41) is 0. The van der Waals surface area contributed by atoms with E-state index in [0.717, 1.165) is 0 Å². The smallest absolute Gasteiger partial charge is 0.224 e. The fourth-order valence-corrected chi connectivity index (χ4v) is 1.38. The fraction of sp³-hybridized carbons (Fsp3) is 0.167. The highest BCUT2D eigenvalue weighted by Gasteiger charge is 2.07. The Kier molecular flexibility index (Phi) is 3.69. The van der Waals surface area contributed by atoms with Crippen molar-refractivity contribution in [1.82, 2.24) is 9.97 Å². The van der Waals surface area contributed by atoms with Crippen molar-refractivity contribution in [3.8, 4) is 11.6 Å². The number of aromatic nitrogens is 2. The molecule has 0 unspecified atom stereocenters. The SMILES string of the molecule is COCc1nc(N)cc(Oc2ccccc2F)n1. The molecule has 2 N–H and O–H groups in total. The van der Waals surface area contributed by atoms with Crippen molar-refractivity contribution in [2.75, 3.05) is 12.8 Å². The normalized spacial score (nSPS) is 10.3. The molecule has 18 heavy (non-hydrogen) atoms. The molecule has 1 aromatic heterocycles. The molecule has 94 valence electrons. The van der Waals surface area contributed by atoms with Crippen LogP contribution >= 0.6 is 0 Å². The van der Waals surface area contributed by atoms with Crippen LogP contribution in [-0.4, -0.2) is 17.1 Å². The number of hydrogen-bond donors (Lipinski definition) is 1. The molecule has 0 spiro atoms. The summed E-state index contributed by atoms with van der Waals surface area (Å²) >= 11 is 0. The van der Waals surface area contributed by atoms with Crippen molar-refractivity contribution in [3.05, 3.63) is 42.0 Å². The molecule has 6 heteroatoms. The predicted molar refractivity (Wildman–Crippen MR) is 63.6 cm³/mol. The van der Waals surface area contributed by atoms with Crippen molar-refractivity contribution in [1.29, 1.82) is 0 Å². The number of hydrogen-bond acceptors (Lipinski definition) is 5. The first-order valence-corrected chi connectivity index (χ1v) is 5.24. The summed E-state index contributed by atoms with van der Waals surface area (Å²) < 4.78 is 23.6. The summed E-state index contributed by atoms with van der Waals surface area (Å²) in [4.78, 5) is 8.01. The van der Waals surface area contributed by atoms with Gasteiger partial charge in [-0.15, -0.1) is 0 Å². The average molecular weight is 249 g/mol. The van der Waals surface area contributed by atoms with Gasteiger partial charge in [-0.25, -0.2) is 9.37 Å². The molecule has 0 saturated carbocycles. The van der Waals surface area contributed by atoms with Crippen molar-refractivity contribution in [2.24, 2.45) is 0 Å². The molecule has 1 aromatic carbocycles. The maximum Gasteiger partial charge on any atom is 0.224 e. The van der Waals surface area contributed by atoms with Crippen LogP contribution in [0.15, 0.2) is 30.3 Å². The number of ether oxygens (including phenoxy) is 2. The van der Waals surface area contributed by atoms with Crippen LogP contribution in [0.4, 0.5) is 10.2 Å². The molecule has 0 aliphatic rings. The third-order valence-corrected chi connectivity index (χ3v) is 2.09. The minimum Gasteiger partial charge on any atom is -0.436 e. The van der Waals surface area contributed by atoms with Crippen molar-refractivity contribution in [2.45, 2.75) is 6.61 Å². The molecule has 0 bridgehead atoms. The summed E-state index contributed by atoms with van der Waals surface area (Å²) in [6, 6.07) is 7.47. The molecule has 0 fully saturated rings. The van der Waals surface area contributed by atoms with E-state index in [0.29, 0.717) is 5.82 Å². The van der Waals surface area contributed by atoms with Crippen LogP contribution in [0.1, 0.15) is 5.82 Å². The standard InChI is InChI=1S/C12H12FN3O2/c1-17-7-11-15-10(14)6-12(16-11)18-9-5-3-2-4-8(9)13/h2-6H,7H2,1H3,(H2,14,15,16). The number of nitrogens with two attached hydrogens (primary N) is 1. The minimum absolute atomic E-state index is 0.0824. The molecule has 2 rings (SSSR count). The minimum atomic E-state index is -0.469. The van der Waals surface area contributed by atoms with E-state index < -0.39 is 5.82 Å². The van der Waals surface area contributed by atoms with Gasteiger partial charge in [0.25, 0.3) is 0 Å². The first-order valence-electron chi connectivity index (χ1n) is 5.24. The summed E-state index contributed by atoms with van der Waals surface area (Å²) in [5.74, 6) is 0.411. The zero-order valence-corrected chi connectivity index (χ0v) is 9.76. The van der Waals surface area contributed by atoms with E-state index in [4.69, 9.17) is 15.2 Å². The van der Waals surface area contributed by atoms with Crippen LogP contribution in [0, 0.1) is 5.82 Å². The number of rotatable bonds is 4. The number of methoxy groups -OCH3 is 1. The molecule has 2 aromatic rings. The third kappa shape index (κ3) is 2.92. The van der Waals surface area contributed by atoms with E-state index in [1.165, 1.54) is 25.3 Å². The second kappa shape index (κ2) is 5.42. The Morgan fingerprint density at radius 3 is 2.78 bits per heavy atom. The summed E-state index contributed by atoms with van der Waals surface area (Å²) in [7, 11) is 1.52. The summed E-state index contributed by atoms with van der Waals surface area (Å²) in [5.41, 5.74) is 5.60. The molecule has 0 aliphatic heterocycles. The maximum atomic E-state index is 13.4. The zero-order valence-electron chi connectivity index (χ0n) is 9.76. The van der Waals surface area contributed by atoms with Crippen molar-refractivity contribution >= 4 is 5.82 Å². The Labute approximate surface area is 103 Å². The van der Waals surface area contributed by atoms with Crippen molar-refractivity contribution in [3.63, 3.8) is 0 Å². The molecular formula is C12H12FN3O2. The van der Waals surface area contributed by atoms with Crippen LogP contribution in [0.5, 0.6) is 11.6 Å². The van der Waals surface area contributed by atoms with E-state index in [1.807, 2.05) is 0 Å². The Morgan fingerprint density at radius 1 is 1.28 bits per heavy atom. The number of anilines is 1. The molecule has 0 amide bonds. The number of nitrogens with zero attached hydrogens (tertiary/aromatic N) is 2. The quantitative estimate of drug-likeness (QED) is 0.898. The first-order chi connectivity index (χ1) is 8.69. The average Bonchev–Trinajstić information content (AvgIpc) is 2.32. The summed E-state index contributed by atoms with van der Waals surface area (Å²) in [6.45, 7) is 0.207. The van der Waals surface area contributed by atoms with Gasteiger partial charge in [0.15, 0.2) is 17.4 Å². The maximum absolute atomic E-state index is 13.4. The van der Waals surface area contributed by atoms with Crippen LogP contribution in [0.3, 0.4) is 0 Å². The fourth-order valence-electron chi connectivity index (χ4n) is 1.38.